The van der Waals surface area contributed by atoms with E-state index in [1.807, 2.05) is 6.07 Å². The summed E-state index contributed by atoms with van der Waals surface area (Å²) in [7, 11) is -4.82. The first-order valence-electron chi connectivity index (χ1n) is 19.1. The molecule has 17 nitrogen and oxygen atoms in total. The quantitative estimate of drug-likeness (QED) is 0.122. The van der Waals surface area contributed by atoms with Crippen LogP contribution in [0.25, 0.3) is 11.4 Å². The van der Waals surface area contributed by atoms with E-state index in [9.17, 15) is 31.7 Å². The third-order valence-corrected chi connectivity index (χ3v) is 12.2. The van der Waals surface area contributed by atoms with E-state index in [0.29, 0.717) is 17.1 Å². The molecule has 0 saturated heterocycles. The molecule has 330 valence electrons. The van der Waals surface area contributed by atoms with E-state index >= 15 is 0 Å². The zero-order chi connectivity index (χ0) is 46.3. The molecule has 0 radical (unpaired) electrons. The molecule has 20 heteroatoms. The molecule has 0 bridgehead atoms. The third-order valence-electron chi connectivity index (χ3n) is 8.41. The van der Waals surface area contributed by atoms with Gasteiger partial charge in [0.25, 0.3) is 0 Å². The number of hydrogen-bond donors (Lipinski definition) is 0. The first kappa shape index (κ1) is 47.4. The van der Waals surface area contributed by atoms with Crippen molar-refractivity contribution < 1.29 is 35.9 Å². The number of amides is 2. The molecule has 63 heavy (non-hydrogen) atoms. The lowest BCUT2D eigenvalue weighted by Gasteiger charge is -2.24. The van der Waals surface area contributed by atoms with Crippen molar-refractivity contribution in [3.8, 4) is 17.4 Å². The van der Waals surface area contributed by atoms with Gasteiger partial charge in [-0.3, -0.25) is 0 Å². The first-order valence-corrected chi connectivity index (χ1v) is 22.5. The van der Waals surface area contributed by atoms with Crippen molar-refractivity contribution in [1.82, 2.24) is 39.3 Å². The summed E-state index contributed by atoms with van der Waals surface area (Å²) >= 11 is 6.21. The van der Waals surface area contributed by atoms with Crippen molar-refractivity contribution in [3.05, 3.63) is 132 Å². The van der Waals surface area contributed by atoms with Crippen molar-refractivity contribution >= 4 is 43.5 Å². The Morgan fingerprint density at radius 3 is 1.44 bits per heavy atom. The fourth-order valence-corrected chi connectivity index (χ4v) is 8.66. The second kappa shape index (κ2) is 19.2. The Balaban J connectivity index is 0.000000238. The van der Waals surface area contributed by atoms with Gasteiger partial charge in [-0.1, -0.05) is 48.0 Å². The highest BCUT2D eigenvalue weighted by Gasteiger charge is 2.29. The van der Waals surface area contributed by atoms with Crippen molar-refractivity contribution in [2.75, 3.05) is 14.1 Å². The van der Waals surface area contributed by atoms with Crippen LogP contribution in [0.2, 0.25) is 5.15 Å². The first-order chi connectivity index (χ1) is 29.5. The fourth-order valence-electron chi connectivity index (χ4n) is 5.63. The second-order valence-electron chi connectivity index (χ2n) is 15.9. The van der Waals surface area contributed by atoms with Gasteiger partial charge in [0.1, 0.15) is 28.6 Å². The van der Waals surface area contributed by atoms with E-state index in [1.54, 1.807) is 109 Å². The molecule has 0 aliphatic heterocycles. The largest absolute Gasteiger partial charge is 0.444 e. The summed E-state index contributed by atoms with van der Waals surface area (Å²) in [6.07, 6.45) is 1.82. The van der Waals surface area contributed by atoms with Gasteiger partial charge in [0, 0.05) is 38.6 Å². The van der Waals surface area contributed by atoms with Crippen LogP contribution in [-0.2, 0) is 42.2 Å². The molecule has 4 aromatic heterocycles. The number of carbonyl (C=O) groups excluding carboxylic acids is 2. The topological polar surface area (TPSA) is 213 Å². The number of carbonyl (C=O) groups is 2. The molecule has 0 aliphatic rings. The Bertz CT molecular complexity index is 2850. The molecule has 0 unspecified atom stereocenters. The van der Waals surface area contributed by atoms with Gasteiger partial charge in [-0.2, -0.15) is 15.5 Å². The molecule has 0 spiro atoms. The summed E-state index contributed by atoms with van der Waals surface area (Å²) in [5.74, 6) is 0. The van der Waals surface area contributed by atoms with Crippen LogP contribution in [0.1, 0.15) is 58.6 Å². The van der Waals surface area contributed by atoms with Crippen molar-refractivity contribution in [3.63, 3.8) is 0 Å². The summed E-state index contributed by atoms with van der Waals surface area (Å²) in [6, 6.07) is 27.1. The van der Waals surface area contributed by atoms with Crippen molar-refractivity contribution in [2.24, 2.45) is 0 Å². The third kappa shape index (κ3) is 11.9. The van der Waals surface area contributed by atoms with Crippen LogP contribution in [0.15, 0.2) is 129 Å². The van der Waals surface area contributed by atoms with E-state index in [2.05, 4.69) is 20.2 Å². The Labute approximate surface area is 371 Å². The Morgan fingerprint density at radius 1 is 0.651 bits per heavy atom. The average molecular weight is 916 g/mol. The number of hydrogen-bond acceptors (Lipinski definition) is 13. The van der Waals surface area contributed by atoms with Crippen molar-refractivity contribution in [1.29, 1.82) is 5.26 Å². The number of ether oxygens (including phenoxy) is 2. The number of aromatic nitrogens is 6. The minimum absolute atomic E-state index is 0.00136. The number of nitrogens with zero attached hydrogens (tertiary/aromatic N) is 9. The molecule has 6 aromatic rings. The van der Waals surface area contributed by atoms with E-state index < -0.39 is 43.1 Å². The predicted octanol–water partition coefficient (Wildman–Crippen LogP) is 7.46. The maximum absolute atomic E-state index is 13.4. The number of rotatable bonds is 10. The van der Waals surface area contributed by atoms with Crippen LogP contribution in [-0.4, -0.2) is 93.6 Å². The van der Waals surface area contributed by atoms with Crippen LogP contribution in [0.3, 0.4) is 0 Å². The Morgan fingerprint density at radius 2 is 1.05 bits per heavy atom. The summed E-state index contributed by atoms with van der Waals surface area (Å²) in [5, 5.41) is 18.1. The number of sulfone groups is 2. The molecule has 4 heterocycles. The molecule has 0 saturated carbocycles. The van der Waals surface area contributed by atoms with Gasteiger partial charge in [0.05, 0.1) is 34.3 Å². The predicted molar refractivity (Wildman–Crippen MR) is 232 cm³/mol. The molecule has 2 amide bonds. The lowest BCUT2D eigenvalue weighted by molar-refractivity contribution is 0.0273. The van der Waals surface area contributed by atoms with Crippen LogP contribution in [0.5, 0.6) is 0 Å². The van der Waals surface area contributed by atoms with Crippen molar-refractivity contribution in [2.45, 2.75) is 85.7 Å². The van der Waals surface area contributed by atoms with Crippen LogP contribution < -0.4 is 0 Å². The van der Waals surface area contributed by atoms with Gasteiger partial charge >= 0.3 is 12.2 Å². The van der Waals surface area contributed by atoms with E-state index in [0.717, 1.165) is 0 Å². The average Bonchev–Trinajstić information content (AvgIpc) is 3.86. The van der Waals surface area contributed by atoms with Gasteiger partial charge in [-0.05, 0) is 90.1 Å². The Kier molecular flexibility index (Phi) is 14.4. The zero-order valence-corrected chi connectivity index (χ0v) is 38.2. The monoisotopic (exact) mass is 915 g/mol. The highest BCUT2D eigenvalue weighted by Crippen LogP contribution is 2.29. The van der Waals surface area contributed by atoms with E-state index in [-0.39, 0.29) is 49.5 Å². The molecule has 0 N–H and O–H groups in total. The van der Waals surface area contributed by atoms with Gasteiger partial charge in [-0.15, -0.1) is 0 Å². The second-order valence-corrected chi connectivity index (χ2v) is 20.0. The van der Waals surface area contributed by atoms with Gasteiger partial charge in [0.2, 0.25) is 19.7 Å². The maximum Gasteiger partial charge on any atom is 0.410 e. The summed E-state index contributed by atoms with van der Waals surface area (Å²) in [6.45, 7) is 10.6. The van der Waals surface area contributed by atoms with Gasteiger partial charge in [-0.25, -0.2) is 45.8 Å². The summed E-state index contributed by atoms with van der Waals surface area (Å²) in [5.41, 5.74) is -0.129. The number of pyridine rings is 2. The van der Waals surface area contributed by atoms with E-state index in [4.69, 9.17) is 21.1 Å². The summed E-state index contributed by atoms with van der Waals surface area (Å²) < 4.78 is 66.5. The van der Waals surface area contributed by atoms with Gasteiger partial charge in [0.15, 0.2) is 20.9 Å². The number of benzene rings is 2. The molecule has 6 rings (SSSR count). The molecule has 0 fully saturated rings. The molecular formula is C43H46ClN9O8S2. The standard InChI is InChI=1S/C22H23N5O4S.C21H23ClN4O4S/c1-22(2,3)31-21(28)26(4)15-16-13-20(32(29,30)17-9-6-5-7-10-17)27(25-16)19-11-8-12-24-18(19)14-23;1-21(2,3)30-20(27)25(4)14-15-13-18(31(28,29)16-9-6-5-7-10-16)26(24-15)17-11-8-12-23-19(17)22/h5-13H,15H2,1-4H3;5-13H,14H2,1-4H3. The normalized spacial score (nSPS) is 11.7. The van der Waals surface area contributed by atoms with Gasteiger partial charge < -0.3 is 19.3 Å². The molecule has 2 aromatic carbocycles. The number of halogens is 1. The molecule has 0 atom stereocenters. The zero-order valence-electron chi connectivity index (χ0n) is 35.8. The van der Waals surface area contributed by atoms with E-state index in [1.165, 1.54) is 75.0 Å². The SMILES string of the molecule is CN(Cc1cc(S(=O)(=O)c2ccccc2)n(-c2cccnc2C#N)n1)C(=O)OC(C)(C)C.CN(Cc1cc(S(=O)(=O)c2ccccc2)n(-c2cccnc2Cl)n1)C(=O)OC(C)(C)C. The lowest BCUT2D eigenvalue weighted by Crippen LogP contribution is -2.33. The molecular weight excluding hydrogens is 870 g/mol. The maximum atomic E-state index is 13.4. The fraction of sp³-hybridized carbons (Fsp3) is 0.279. The number of nitriles is 1. The molecule has 0 aliphatic carbocycles. The van der Waals surface area contributed by atoms with Crippen LogP contribution >= 0.6 is 11.6 Å². The smallest absolute Gasteiger partial charge is 0.410 e. The highest BCUT2D eigenvalue weighted by molar-refractivity contribution is 7.91. The highest BCUT2D eigenvalue weighted by atomic mass is 35.5. The van der Waals surface area contributed by atoms with Crippen LogP contribution in [0.4, 0.5) is 9.59 Å². The minimum Gasteiger partial charge on any atom is -0.444 e. The van der Waals surface area contributed by atoms with Crippen LogP contribution in [0, 0.1) is 11.3 Å². The summed E-state index contributed by atoms with van der Waals surface area (Å²) in [4.78, 5) is 35.5. The lowest BCUT2D eigenvalue weighted by atomic mass is 10.2. The minimum atomic E-state index is -3.98. The Hall–Kier alpha value is -6.62.